The summed E-state index contributed by atoms with van der Waals surface area (Å²) in [6, 6.07) is 1.17. The highest BCUT2D eigenvalue weighted by Gasteiger charge is 2.17. The summed E-state index contributed by atoms with van der Waals surface area (Å²) in [6.45, 7) is 1.91. The molecule has 0 unspecified atom stereocenters. The Bertz CT molecular complexity index is 703. The Balaban J connectivity index is 2.18. The molecule has 0 aliphatic carbocycles. The zero-order valence-corrected chi connectivity index (χ0v) is 11.1. The molecule has 8 heteroatoms. The topological polar surface area (TPSA) is 91.9 Å². The number of rotatable bonds is 4. The second kappa shape index (κ2) is 5.01. The smallest absolute Gasteiger partial charge is 0.246 e. The fourth-order valence-corrected chi connectivity index (χ4v) is 3.17. The van der Waals surface area contributed by atoms with Gasteiger partial charge in [0.2, 0.25) is 15.5 Å². The highest BCUT2D eigenvalue weighted by Crippen LogP contribution is 2.09. The van der Waals surface area contributed by atoms with Crippen molar-refractivity contribution in [3.8, 4) is 0 Å². The lowest BCUT2D eigenvalue weighted by atomic mass is 10.5. The number of pyridine rings is 1. The minimum absolute atomic E-state index is 0.0785. The van der Waals surface area contributed by atoms with Gasteiger partial charge in [0, 0.05) is 29.5 Å². The molecule has 0 atom stereocenters. The van der Waals surface area contributed by atoms with Crippen LogP contribution in [0.25, 0.3) is 0 Å². The van der Waals surface area contributed by atoms with E-state index < -0.39 is 15.5 Å². The van der Waals surface area contributed by atoms with Gasteiger partial charge in [-0.2, -0.15) is 0 Å². The third-order valence-corrected chi connectivity index (χ3v) is 4.55. The van der Waals surface area contributed by atoms with Crippen LogP contribution in [0.2, 0.25) is 0 Å². The van der Waals surface area contributed by atoms with E-state index >= 15 is 0 Å². The molecule has 18 heavy (non-hydrogen) atoms. The molecule has 0 radical (unpaired) electrons. The lowest BCUT2D eigenvalue weighted by Gasteiger charge is -2.03. The highest BCUT2D eigenvalue weighted by atomic mass is 32.2. The van der Waals surface area contributed by atoms with Gasteiger partial charge in [-0.05, 0) is 6.92 Å². The molecule has 0 aliphatic heterocycles. The molecule has 0 bridgehead atoms. The number of aromatic nitrogens is 2. The van der Waals surface area contributed by atoms with Crippen LogP contribution in [0, 0.1) is 6.92 Å². The SMILES string of the molecule is Cc1csc(CNS(=O)(=O)c2c[nH]ccc2=O)n1. The first-order chi connectivity index (χ1) is 8.49. The maximum absolute atomic E-state index is 11.9. The number of aryl methyl sites for hydroxylation is 1. The lowest BCUT2D eigenvalue weighted by molar-refractivity contribution is 0.580. The van der Waals surface area contributed by atoms with Crippen LogP contribution in [0.1, 0.15) is 10.7 Å². The fourth-order valence-electron chi connectivity index (χ4n) is 1.33. The largest absolute Gasteiger partial charge is 0.366 e. The zero-order valence-electron chi connectivity index (χ0n) is 9.50. The molecule has 2 rings (SSSR count). The van der Waals surface area contributed by atoms with Gasteiger partial charge in [-0.15, -0.1) is 11.3 Å². The van der Waals surface area contributed by atoms with Gasteiger partial charge in [-0.3, -0.25) is 4.79 Å². The van der Waals surface area contributed by atoms with Crippen LogP contribution in [-0.2, 0) is 16.6 Å². The molecule has 96 valence electrons. The molecular weight excluding hydrogens is 274 g/mol. The number of thiazole rings is 1. The molecule has 0 aliphatic rings. The number of nitrogens with one attached hydrogen (secondary N) is 2. The van der Waals surface area contributed by atoms with Crippen molar-refractivity contribution in [1.29, 1.82) is 0 Å². The Labute approximate surface area is 108 Å². The summed E-state index contributed by atoms with van der Waals surface area (Å²) < 4.78 is 26.1. The van der Waals surface area contributed by atoms with Crippen molar-refractivity contribution in [2.75, 3.05) is 0 Å². The van der Waals surface area contributed by atoms with Crippen molar-refractivity contribution < 1.29 is 8.42 Å². The monoisotopic (exact) mass is 285 g/mol. The Morgan fingerprint density at radius 1 is 1.50 bits per heavy atom. The van der Waals surface area contributed by atoms with Crippen LogP contribution in [0.3, 0.4) is 0 Å². The van der Waals surface area contributed by atoms with Gasteiger partial charge in [0.1, 0.15) is 9.90 Å². The van der Waals surface area contributed by atoms with E-state index in [1.807, 2.05) is 12.3 Å². The third-order valence-electron chi connectivity index (χ3n) is 2.16. The van der Waals surface area contributed by atoms with E-state index in [4.69, 9.17) is 0 Å². The first-order valence-electron chi connectivity index (χ1n) is 5.07. The Morgan fingerprint density at radius 3 is 2.89 bits per heavy atom. The van der Waals surface area contributed by atoms with E-state index in [-0.39, 0.29) is 11.4 Å². The molecule has 2 aromatic rings. The van der Waals surface area contributed by atoms with Gasteiger partial charge in [0.15, 0.2) is 0 Å². The van der Waals surface area contributed by atoms with Crippen LogP contribution in [-0.4, -0.2) is 18.4 Å². The number of H-pyrrole nitrogens is 1. The minimum atomic E-state index is -3.81. The number of sulfonamides is 1. The van der Waals surface area contributed by atoms with Crippen molar-refractivity contribution in [1.82, 2.24) is 14.7 Å². The molecule has 0 amide bonds. The molecule has 2 N–H and O–H groups in total. The van der Waals surface area contributed by atoms with Gasteiger partial charge >= 0.3 is 0 Å². The predicted octanol–water partition coefficient (Wildman–Crippen LogP) is 0.618. The van der Waals surface area contributed by atoms with Crippen molar-refractivity contribution in [3.63, 3.8) is 0 Å². The minimum Gasteiger partial charge on any atom is -0.366 e. The molecule has 2 aromatic heterocycles. The predicted molar refractivity (Wildman–Crippen MR) is 67.9 cm³/mol. The molecule has 0 fully saturated rings. The number of hydrogen-bond acceptors (Lipinski definition) is 5. The first-order valence-corrected chi connectivity index (χ1v) is 7.43. The van der Waals surface area contributed by atoms with E-state index in [1.165, 1.54) is 23.6 Å². The fraction of sp³-hybridized carbons (Fsp3) is 0.200. The highest BCUT2D eigenvalue weighted by molar-refractivity contribution is 7.89. The second-order valence-electron chi connectivity index (χ2n) is 3.58. The summed E-state index contributed by atoms with van der Waals surface area (Å²) in [5.74, 6) is 0. The lowest BCUT2D eigenvalue weighted by Crippen LogP contribution is -2.27. The normalized spacial score (nSPS) is 11.6. The molecule has 0 aromatic carbocycles. The van der Waals surface area contributed by atoms with Crippen molar-refractivity contribution in [3.05, 3.63) is 44.8 Å². The van der Waals surface area contributed by atoms with Crippen LogP contribution in [0.15, 0.2) is 33.5 Å². The summed E-state index contributed by atoms with van der Waals surface area (Å²) in [4.78, 5) is 17.8. The maximum atomic E-state index is 11.9. The van der Waals surface area contributed by atoms with Crippen LogP contribution >= 0.6 is 11.3 Å². The molecule has 2 heterocycles. The van der Waals surface area contributed by atoms with Gasteiger partial charge in [-0.1, -0.05) is 0 Å². The van der Waals surface area contributed by atoms with Crippen molar-refractivity contribution in [2.24, 2.45) is 0 Å². The summed E-state index contributed by atoms with van der Waals surface area (Å²) in [5.41, 5.74) is 0.295. The summed E-state index contributed by atoms with van der Waals surface area (Å²) >= 11 is 1.37. The van der Waals surface area contributed by atoms with E-state index in [0.717, 1.165) is 11.9 Å². The van der Waals surface area contributed by atoms with E-state index in [2.05, 4.69) is 14.7 Å². The van der Waals surface area contributed by atoms with Gasteiger partial charge < -0.3 is 4.98 Å². The maximum Gasteiger partial charge on any atom is 0.246 e. The average Bonchev–Trinajstić information content (AvgIpc) is 2.73. The Morgan fingerprint density at radius 2 is 2.28 bits per heavy atom. The summed E-state index contributed by atoms with van der Waals surface area (Å²) in [6.07, 6.45) is 2.54. The number of hydrogen-bond donors (Lipinski definition) is 2. The summed E-state index contributed by atoms with van der Waals surface area (Å²) in [5, 5.41) is 2.49. The molecule has 0 saturated carbocycles. The van der Waals surface area contributed by atoms with Crippen LogP contribution in [0.5, 0.6) is 0 Å². The first kappa shape index (κ1) is 12.9. The van der Waals surface area contributed by atoms with E-state index in [0.29, 0.717) is 5.01 Å². The van der Waals surface area contributed by atoms with E-state index in [9.17, 15) is 13.2 Å². The molecule has 0 saturated heterocycles. The second-order valence-corrected chi connectivity index (χ2v) is 6.26. The summed E-state index contributed by atoms with van der Waals surface area (Å²) in [7, 11) is -3.81. The Kier molecular flexibility index (Phi) is 3.60. The zero-order chi connectivity index (χ0) is 13.2. The van der Waals surface area contributed by atoms with Gasteiger partial charge in [0.05, 0.1) is 6.54 Å². The van der Waals surface area contributed by atoms with Crippen molar-refractivity contribution in [2.45, 2.75) is 18.4 Å². The Hall–Kier alpha value is -1.51. The van der Waals surface area contributed by atoms with Crippen LogP contribution < -0.4 is 10.2 Å². The average molecular weight is 285 g/mol. The molecule has 6 nitrogen and oxygen atoms in total. The molecular formula is C10H11N3O3S2. The number of aromatic amines is 1. The number of nitrogens with zero attached hydrogens (tertiary/aromatic N) is 1. The van der Waals surface area contributed by atoms with Crippen molar-refractivity contribution >= 4 is 21.4 Å². The third kappa shape index (κ3) is 2.84. The quantitative estimate of drug-likeness (QED) is 0.861. The van der Waals surface area contributed by atoms with Gasteiger partial charge in [-0.25, -0.2) is 18.1 Å². The molecule has 0 spiro atoms. The van der Waals surface area contributed by atoms with Crippen LogP contribution in [0.4, 0.5) is 0 Å². The van der Waals surface area contributed by atoms with E-state index in [1.54, 1.807) is 0 Å². The standard InChI is InChI=1S/C10H11N3O3S2/c1-7-6-17-10(13-7)5-12-18(15,16)9-4-11-3-2-8(9)14/h2-4,6,12H,5H2,1H3,(H,11,14). The van der Waals surface area contributed by atoms with Gasteiger partial charge in [0.25, 0.3) is 0 Å².